The van der Waals surface area contributed by atoms with Gasteiger partial charge in [-0.15, -0.1) is 11.3 Å². The largest absolute Gasteiger partial charge is 0.314 e. The Bertz CT molecular complexity index is 1360. The van der Waals surface area contributed by atoms with E-state index in [1.807, 2.05) is 24.4 Å². The van der Waals surface area contributed by atoms with Gasteiger partial charge in [-0.25, -0.2) is 15.0 Å². The molecule has 8 heteroatoms. The molecule has 1 saturated heterocycles. The maximum absolute atomic E-state index is 5.11. The number of hydrogen-bond acceptors (Lipinski definition) is 7. The predicted molar refractivity (Wildman–Crippen MR) is 135 cm³/mol. The first kappa shape index (κ1) is 20.4. The first-order valence-corrected chi connectivity index (χ1v) is 12.1. The summed E-state index contributed by atoms with van der Waals surface area (Å²) in [6.45, 7) is 7.88. The molecule has 0 aliphatic carbocycles. The van der Waals surface area contributed by atoms with E-state index < -0.39 is 0 Å². The van der Waals surface area contributed by atoms with Crippen molar-refractivity contribution in [2.45, 2.75) is 13.5 Å². The molecule has 0 saturated carbocycles. The Balaban J connectivity index is 1.45. The standard InChI is InChI=1S/C25H25N7S/c1-17-22(32-16-18(7-8-20(32)29-17)15-31-13-11-26-12-14-31)25-30-21(19-5-3-2-4-6-19)23(33-25)24-27-9-10-28-24/h2-9,16,26H,10-15H2,1H3. The summed E-state index contributed by atoms with van der Waals surface area (Å²) in [5.74, 6) is 0.767. The normalized spacial score (nSPS) is 16.6. The predicted octanol–water partition coefficient (Wildman–Crippen LogP) is 3.67. The molecule has 3 aromatic heterocycles. The van der Waals surface area contributed by atoms with Gasteiger partial charge in [-0.1, -0.05) is 36.4 Å². The lowest BCUT2D eigenvalue weighted by molar-refractivity contribution is 0.233. The molecule has 0 bridgehead atoms. The SMILES string of the molecule is Cc1nc2ccc(CN3CCNCC3)cn2c1-c1nc(-c2ccccc2)c(C2=NCC=N2)s1. The number of aliphatic imine (C=N–C) groups is 2. The molecule has 2 aliphatic heterocycles. The Morgan fingerprint density at radius 3 is 2.67 bits per heavy atom. The van der Waals surface area contributed by atoms with Crippen LogP contribution in [0, 0.1) is 6.92 Å². The number of aryl methyl sites for hydroxylation is 1. The topological polar surface area (TPSA) is 70.2 Å². The summed E-state index contributed by atoms with van der Waals surface area (Å²) >= 11 is 1.64. The summed E-state index contributed by atoms with van der Waals surface area (Å²) in [4.78, 5) is 22.5. The second kappa shape index (κ2) is 8.62. The second-order valence-corrected chi connectivity index (χ2v) is 9.38. The Kier molecular flexibility index (Phi) is 5.33. The number of imidazole rings is 1. The van der Waals surface area contributed by atoms with E-state index in [2.05, 4.69) is 62.0 Å². The summed E-state index contributed by atoms with van der Waals surface area (Å²) < 4.78 is 2.20. The highest BCUT2D eigenvalue weighted by Crippen LogP contribution is 2.36. The van der Waals surface area contributed by atoms with Gasteiger partial charge in [0, 0.05) is 50.7 Å². The van der Waals surface area contributed by atoms with Crippen LogP contribution < -0.4 is 5.32 Å². The molecule has 1 aromatic carbocycles. The highest BCUT2D eigenvalue weighted by atomic mass is 32.1. The zero-order chi connectivity index (χ0) is 22.2. The third kappa shape index (κ3) is 3.90. The summed E-state index contributed by atoms with van der Waals surface area (Å²) in [5.41, 5.74) is 6.26. The molecular weight excluding hydrogens is 430 g/mol. The van der Waals surface area contributed by atoms with E-state index in [9.17, 15) is 0 Å². The van der Waals surface area contributed by atoms with Crippen LogP contribution in [0.3, 0.4) is 0 Å². The van der Waals surface area contributed by atoms with Gasteiger partial charge in [-0.2, -0.15) is 0 Å². The summed E-state index contributed by atoms with van der Waals surface area (Å²) in [5, 5.41) is 4.37. The van der Waals surface area contributed by atoms with Crippen molar-refractivity contribution in [3.8, 4) is 22.0 Å². The fraction of sp³-hybridized carbons (Fsp3) is 0.280. The Morgan fingerprint density at radius 1 is 1.03 bits per heavy atom. The first-order valence-electron chi connectivity index (χ1n) is 11.3. The Morgan fingerprint density at radius 2 is 1.88 bits per heavy atom. The number of rotatable bonds is 5. The summed E-state index contributed by atoms with van der Waals surface area (Å²) in [7, 11) is 0. The van der Waals surface area contributed by atoms with Crippen molar-refractivity contribution in [3.05, 3.63) is 64.8 Å². The lowest BCUT2D eigenvalue weighted by Crippen LogP contribution is -2.42. The van der Waals surface area contributed by atoms with Crippen molar-refractivity contribution in [1.29, 1.82) is 0 Å². The first-order chi connectivity index (χ1) is 16.3. The lowest BCUT2D eigenvalue weighted by Gasteiger charge is -2.27. The fourth-order valence-corrected chi connectivity index (χ4v) is 5.62. The van der Waals surface area contributed by atoms with Crippen LogP contribution in [0.15, 0.2) is 58.6 Å². The van der Waals surface area contributed by atoms with Gasteiger partial charge >= 0.3 is 0 Å². The third-order valence-corrected chi connectivity index (χ3v) is 7.14. The molecule has 6 rings (SSSR count). The molecule has 0 unspecified atom stereocenters. The number of aromatic nitrogens is 3. The number of piperazine rings is 1. The average Bonchev–Trinajstić information content (AvgIpc) is 3.58. The summed E-state index contributed by atoms with van der Waals surface area (Å²) in [6.07, 6.45) is 4.08. The van der Waals surface area contributed by atoms with E-state index in [-0.39, 0.29) is 0 Å². The van der Waals surface area contributed by atoms with Crippen LogP contribution in [-0.4, -0.2) is 64.0 Å². The molecule has 0 atom stereocenters. The van der Waals surface area contributed by atoms with Crippen molar-refractivity contribution >= 4 is 29.0 Å². The van der Waals surface area contributed by atoms with E-state index >= 15 is 0 Å². The molecule has 4 aromatic rings. The minimum Gasteiger partial charge on any atom is -0.314 e. The third-order valence-electron chi connectivity index (χ3n) is 6.09. The number of nitrogens with one attached hydrogen (secondary N) is 1. The number of hydrogen-bond donors (Lipinski definition) is 1. The maximum Gasteiger partial charge on any atom is 0.167 e. The molecule has 2 aliphatic rings. The molecule has 0 amide bonds. The minimum atomic E-state index is 0.626. The molecular formula is C25H25N7S. The minimum absolute atomic E-state index is 0.626. The lowest BCUT2D eigenvalue weighted by atomic mass is 10.1. The molecule has 5 heterocycles. The van der Waals surface area contributed by atoms with Crippen molar-refractivity contribution in [2.24, 2.45) is 9.98 Å². The van der Waals surface area contributed by atoms with Crippen molar-refractivity contribution in [3.63, 3.8) is 0 Å². The highest BCUT2D eigenvalue weighted by Gasteiger charge is 2.23. The van der Waals surface area contributed by atoms with E-state index in [4.69, 9.17) is 9.97 Å². The van der Waals surface area contributed by atoms with E-state index in [0.29, 0.717) is 6.54 Å². The van der Waals surface area contributed by atoms with Crippen LogP contribution >= 0.6 is 11.3 Å². The Hall–Kier alpha value is -3.20. The molecule has 1 fully saturated rings. The van der Waals surface area contributed by atoms with Crippen molar-refractivity contribution < 1.29 is 0 Å². The van der Waals surface area contributed by atoms with E-state index in [1.165, 1.54) is 5.56 Å². The molecule has 1 N–H and O–H groups in total. The summed E-state index contributed by atoms with van der Waals surface area (Å²) in [6, 6.07) is 14.6. The smallest absolute Gasteiger partial charge is 0.167 e. The van der Waals surface area contributed by atoms with Crippen LogP contribution in [0.4, 0.5) is 0 Å². The van der Waals surface area contributed by atoms with Gasteiger partial charge in [0.05, 0.1) is 22.8 Å². The van der Waals surface area contributed by atoms with Gasteiger partial charge in [-0.05, 0) is 18.6 Å². The highest BCUT2D eigenvalue weighted by molar-refractivity contribution is 7.17. The van der Waals surface area contributed by atoms with Crippen LogP contribution in [0.25, 0.3) is 27.6 Å². The van der Waals surface area contributed by atoms with E-state index in [0.717, 1.165) is 76.7 Å². The second-order valence-electron chi connectivity index (χ2n) is 8.38. The van der Waals surface area contributed by atoms with E-state index in [1.54, 1.807) is 11.3 Å². The van der Waals surface area contributed by atoms with Gasteiger partial charge in [-0.3, -0.25) is 14.3 Å². The zero-order valence-electron chi connectivity index (χ0n) is 18.5. The van der Waals surface area contributed by atoms with Crippen LogP contribution in [0.1, 0.15) is 16.1 Å². The maximum atomic E-state index is 5.11. The van der Waals surface area contributed by atoms with Gasteiger partial charge in [0.1, 0.15) is 16.3 Å². The van der Waals surface area contributed by atoms with Gasteiger partial charge in [0.15, 0.2) is 5.84 Å². The molecule has 166 valence electrons. The quantitative estimate of drug-likeness (QED) is 0.499. The Labute approximate surface area is 196 Å². The molecule has 0 radical (unpaired) electrons. The monoisotopic (exact) mass is 455 g/mol. The molecule has 0 spiro atoms. The van der Waals surface area contributed by atoms with Crippen molar-refractivity contribution in [2.75, 3.05) is 32.7 Å². The van der Waals surface area contributed by atoms with Crippen LogP contribution in [0.5, 0.6) is 0 Å². The van der Waals surface area contributed by atoms with Gasteiger partial charge in [0.2, 0.25) is 0 Å². The molecule has 7 nitrogen and oxygen atoms in total. The zero-order valence-corrected chi connectivity index (χ0v) is 19.3. The number of amidine groups is 1. The number of thiazole rings is 1. The van der Waals surface area contributed by atoms with Crippen LogP contribution in [-0.2, 0) is 6.54 Å². The average molecular weight is 456 g/mol. The molecule has 33 heavy (non-hydrogen) atoms. The number of pyridine rings is 1. The number of nitrogens with zero attached hydrogens (tertiary/aromatic N) is 6. The van der Waals surface area contributed by atoms with Crippen molar-refractivity contribution in [1.82, 2.24) is 24.6 Å². The van der Waals surface area contributed by atoms with Gasteiger partial charge in [0.25, 0.3) is 0 Å². The fourth-order valence-electron chi connectivity index (χ4n) is 4.48. The van der Waals surface area contributed by atoms with Crippen LogP contribution in [0.2, 0.25) is 0 Å². The number of fused-ring (bicyclic) bond motifs is 1. The number of benzene rings is 1. The van der Waals surface area contributed by atoms with Gasteiger partial charge < -0.3 is 5.32 Å².